The van der Waals surface area contributed by atoms with Crippen LogP contribution in [0.4, 0.5) is 10.1 Å². The Morgan fingerprint density at radius 3 is 2.96 bits per heavy atom. The third-order valence-corrected chi connectivity index (χ3v) is 4.94. The lowest BCUT2D eigenvalue weighted by atomic mass is 9.76. The third-order valence-electron chi connectivity index (χ3n) is 4.58. The molecular weight excluding hydrogens is 350 g/mol. The van der Waals surface area contributed by atoms with E-state index in [2.05, 4.69) is 17.2 Å². The van der Waals surface area contributed by atoms with Gasteiger partial charge in [-0.1, -0.05) is 48.8 Å². The molecule has 2 aliphatic rings. The van der Waals surface area contributed by atoms with Gasteiger partial charge in [-0.15, -0.1) is 0 Å². The van der Waals surface area contributed by atoms with Gasteiger partial charge in [-0.05, 0) is 36.7 Å². The first-order valence-corrected chi connectivity index (χ1v) is 8.36. The lowest BCUT2D eigenvalue weighted by Gasteiger charge is -2.30. The van der Waals surface area contributed by atoms with Crippen LogP contribution in [0, 0.1) is 11.8 Å². The molecule has 0 saturated carbocycles. The molecule has 2 unspecified atom stereocenters. The van der Waals surface area contributed by atoms with Gasteiger partial charge < -0.3 is 5.32 Å². The van der Waals surface area contributed by atoms with Crippen molar-refractivity contribution in [3.05, 3.63) is 64.5 Å². The van der Waals surface area contributed by atoms with E-state index in [0.29, 0.717) is 22.3 Å². The number of carbonyl (C=O) groups is 1. The number of carbonyl (C=O) groups excluding carboxylic acids is 1. The number of halogens is 3. The van der Waals surface area contributed by atoms with Crippen LogP contribution in [0.1, 0.15) is 12.5 Å². The number of amides is 1. The molecule has 0 aromatic heterocycles. The summed E-state index contributed by atoms with van der Waals surface area (Å²) in [4.78, 5) is 12.7. The lowest BCUT2D eigenvalue weighted by molar-refractivity contribution is -0.123. The third kappa shape index (κ3) is 2.69. The fraction of sp³-hybridized carbons (Fsp3) is 0.278. The summed E-state index contributed by atoms with van der Waals surface area (Å²) in [7, 11) is 0. The predicted molar refractivity (Wildman–Crippen MR) is 95.7 cm³/mol. The Morgan fingerprint density at radius 2 is 2.25 bits per heavy atom. The normalized spacial score (nSPS) is 29.3. The summed E-state index contributed by atoms with van der Waals surface area (Å²) in [5.41, 5.74) is 0.225. The molecule has 2 heterocycles. The average molecular weight is 367 g/mol. The molecule has 2 aliphatic heterocycles. The van der Waals surface area contributed by atoms with Gasteiger partial charge in [0.2, 0.25) is 5.91 Å². The van der Waals surface area contributed by atoms with Crippen molar-refractivity contribution in [2.75, 3.05) is 11.9 Å². The summed E-state index contributed by atoms with van der Waals surface area (Å²) in [6, 6.07) is 5.17. The number of hydrogen-bond donors (Lipinski definition) is 2. The van der Waals surface area contributed by atoms with Crippen LogP contribution < -0.4 is 10.6 Å². The maximum Gasteiger partial charge on any atom is 0.250 e. The number of benzene rings is 1. The molecule has 1 aromatic carbocycles. The van der Waals surface area contributed by atoms with E-state index in [1.165, 1.54) is 18.2 Å². The van der Waals surface area contributed by atoms with Crippen LogP contribution in [0.15, 0.2) is 53.9 Å². The van der Waals surface area contributed by atoms with Crippen molar-refractivity contribution in [3.63, 3.8) is 0 Å². The van der Waals surface area contributed by atoms with Crippen LogP contribution in [-0.4, -0.2) is 12.5 Å². The first kappa shape index (κ1) is 17.2. The zero-order valence-corrected chi connectivity index (χ0v) is 14.6. The van der Waals surface area contributed by atoms with Gasteiger partial charge in [0.1, 0.15) is 11.4 Å². The number of fused-ring (bicyclic) bond motifs is 2. The lowest BCUT2D eigenvalue weighted by Crippen LogP contribution is -2.48. The van der Waals surface area contributed by atoms with E-state index in [1.807, 2.05) is 6.92 Å². The minimum absolute atomic E-state index is 0.0544. The molecule has 1 amide bonds. The van der Waals surface area contributed by atoms with Crippen molar-refractivity contribution in [1.82, 2.24) is 5.32 Å². The zero-order valence-electron chi connectivity index (χ0n) is 13.1. The topological polar surface area (TPSA) is 41.1 Å². The molecular formula is C18H17Cl2FN2O. The van der Waals surface area contributed by atoms with Gasteiger partial charge in [-0.25, -0.2) is 4.39 Å². The second-order valence-electron chi connectivity index (χ2n) is 6.15. The molecule has 3 rings (SSSR count). The van der Waals surface area contributed by atoms with E-state index in [0.717, 1.165) is 5.56 Å². The van der Waals surface area contributed by atoms with Crippen molar-refractivity contribution in [2.24, 2.45) is 11.8 Å². The van der Waals surface area contributed by atoms with Crippen molar-refractivity contribution >= 4 is 34.8 Å². The molecule has 1 spiro atoms. The Balaban J connectivity index is 2.06. The van der Waals surface area contributed by atoms with E-state index >= 15 is 0 Å². The zero-order chi connectivity index (χ0) is 17.5. The molecule has 0 aliphatic carbocycles. The van der Waals surface area contributed by atoms with Crippen molar-refractivity contribution < 1.29 is 9.18 Å². The first-order valence-electron chi connectivity index (χ1n) is 7.61. The van der Waals surface area contributed by atoms with Crippen LogP contribution in [0.25, 0.3) is 0 Å². The maximum atomic E-state index is 14.9. The highest BCUT2D eigenvalue weighted by molar-refractivity contribution is 6.31. The molecule has 0 radical (unpaired) electrons. The molecule has 0 bridgehead atoms. The summed E-state index contributed by atoms with van der Waals surface area (Å²) >= 11 is 11.7. The quantitative estimate of drug-likeness (QED) is 0.772. The highest BCUT2D eigenvalue weighted by Gasteiger charge is 2.58. The largest absolute Gasteiger partial charge is 0.324 e. The van der Waals surface area contributed by atoms with Gasteiger partial charge in [0.15, 0.2) is 0 Å². The highest BCUT2D eigenvalue weighted by Crippen LogP contribution is 2.50. The Labute approximate surface area is 150 Å². The fourth-order valence-corrected chi connectivity index (χ4v) is 3.84. The minimum atomic E-state index is -1.12. The second kappa shape index (κ2) is 6.36. The first-order chi connectivity index (χ1) is 11.4. The van der Waals surface area contributed by atoms with Gasteiger partial charge in [0.05, 0.1) is 0 Å². The Bertz CT molecular complexity index is 774. The van der Waals surface area contributed by atoms with Crippen LogP contribution in [0.2, 0.25) is 5.02 Å². The highest BCUT2D eigenvalue weighted by atomic mass is 35.5. The molecule has 3 atom stereocenters. The van der Waals surface area contributed by atoms with E-state index in [9.17, 15) is 9.18 Å². The summed E-state index contributed by atoms with van der Waals surface area (Å²) < 4.78 is 14.9. The Kier molecular flexibility index (Phi) is 4.56. The monoisotopic (exact) mass is 366 g/mol. The molecule has 2 N–H and O–H groups in total. The SMILES string of the molecule is C=C(Cl)/C=C\C=C(/F)C1C(C)CN[C@@]12C(=O)Nc1cc(Cl)ccc12. The minimum Gasteiger partial charge on any atom is -0.324 e. The van der Waals surface area contributed by atoms with Gasteiger partial charge in [-0.3, -0.25) is 10.1 Å². The molecule has 1 aromatic rings. The van der Waals surface area contributed by atoms with Crippen LogP contribution in [0.5, 0.6) is 0 Å². The van der Waals surface area contributed by atoms with Gasteiger partial charge in [-0.2, -0.15) is 0 Å². The second-order valence-corrected chi connectivity index (χ2v) is 7.07. The summed E-state index contributed by atoms with van der Waals surface area (Å²) in [5, 5.41) is 6.88. The van der Waals surface area contributed by atoms with E-state index < -0.39 is 11.5 Å². The van der Waals surface area contributed by atoms with Crippen molar-refractivity contribution in [3.8, 4) is 0 Å². The number of anilines is 1. The van der Waals surface area contributed by atoms with E-state index in [-0.39, 0.29) is 17.7 Å². The summed E-state index contributed by atoms with van der Waals surface area (Å²) in [6.45, 7) is 5.98. The van der Waals surface area contributed by atoms with E-state index in [4.69, 9.17) is 23.2 Å². The van der Waals surface area contributed by atoms with Crippen LogP contribution in [0.3, 0.4) is 0 Å². The number of nitrogens with one attached hydrogen (secondary N) is 2. The molecule has 126 valence electrons. The molecule has 1 fully saturated rings. The van der Waals surface area contributed by atoms with Crippen LogP contribution in [-0.2, 0) is 10.3 Å². The molecule has 24 heavy (non-hydrogen) atoms. The summed E-state index contributed by atoms with van der Waals surface area (Å²) in [5.74, 6) is -1.31. The Morgan fingerprint density at radius 1 is 1.50 bits per heavy atom. The number of rotatable bonds is 3. The van der Waals surface area contributed by atoms with E-state index in [1.54, 1.807) is 18.2 Å². The smallest absolute Gasteiger partial charge is 0.250 e. The number of hydrogen-bond acceptors (Lipinski definition) is 2. The van der Waals surface area contributed by atoms with Crippen molar-refractivity contribution in [2.45, 2.75) is 12.5 Å². The van der Waals surface area contributed by atoms with Crippen LogP contribution >= 0.6 is 23.2 Å². The van der Waals surface area contributed by atoms with Gasteiger partial charge >= 0.3 is 0 Å². The fourth-order valence-electron chi connectivity index (χ4n) is 3.59. The molecule has 6 heteroatoms. The molecule has 1 saturated heterocycles. The summed E-state index contributed by atoms with van der Waals surface area (Å²) in [6.07, 6.45) is 4.34. The van der Waals surface area contributed by atoms with Gasteiger partial charge in [0, 0.05) is 27.2 Å². The predicted octanol–water partition coefficient (Wildman–Crippen LogP) is 4.51. The number of allylic oxidation sites excluding steroid dienone is 4. The maximum absolute atomic E-state index is 14.9. The van der Waals surface area contributed by atoms with Crippen molar-refractivity contribution in [1.29, 1.82) is 0 Å². The van der Waals surface area contributed by atoms with Gasteiger partial charge in [0.25, 0.3) is 0 Å². The standard InChI is InChI=1S/C18H17Cl2FN2O/c1-10-9-22-18(16(10)14(21)5-3-4-11(2)19)13-7-6-12(20)8-15(13)23-17(18)24/h3-8,10,16,22H,2,9H2,1H3,(H,23,24)/b4-3-,14-5-/t10?,16?,18-/m1/s1. The molecule has 3 nitrogen and oxygen atoms in total. The Hall–Kier alpha value is -1.62. The average Bonchev–Trinajstić information content (AvgIpc) is 2.98.